The van der Waals surface area contributed by atoms with Gasteiger partial charge in [0, 0.05) is 18.0 Å². The number of benzene rings is 1. The van der Waals surface area contributed by atoms with Gasteiger partial charge in [0.15, 0.2) is 5.03 Å². The molecule has 25 heavy (non-hydrogen) atoms. The fourth-order valence-electron chi connectivity index (χ4n) is 2.85. The molecule has 1 aliphatic rings. The van der Waals surface area contributed by atoms with Crippen molar-refractivity contribution >= 4 is 23.3 Å². The van der Waals surface area contributed by atoms with Crippen LogP contribution in [0.5, 0.6) is 0 Å². The van der Waals surface area contributed by atoms with Gasteiger partial charge in [-0.1, -0.05) is 36.4 Å². The van der Waals surface area contributed by atoms with Gasteiger partial charge in [0.2, 0.25) is 5.82 Å². The van der Waals surface area contributed by atoms with E-state index in [-0.39, 0.29) is 11.5 Å². The minimum absolute atomic E-state index is 0.0602. The van der Waals surface area contributed by atoms with Crippen molar-refractivity contribution in [2.75, 3.05) is 31.5 Å². The Morgan fingerprint density at radius 2 is 1.92 bits per heavy atom. The van der Waals surface area contributed by atoms with Crippen molar-refractivity contribution in [1.82, 2.24) is 14.9 Å². The molecule has 1 N–H and O–H groups in total. The number of nitro groups is 1. The minimum atomic E-state index is -0.408. The second kappa shape index (κ2) is 8.77. The summed E-state index contributed by atoms with van der Waals surface area (Å²) in [5, 5.41) is 15.0. The molecule has 1 fully saturated rings. The molecule has 0 bridgehead atoms. The van der Waals surface area contributed by atoms with E-state index in [0.717, 1.165) is 24.5 Å². The molecule has 2 heterocycles. The summed E-state index contributed by atoms with van der Waals surface area (Å²) in [6.45, 7) is 3.70. The van der Waals surface area contributed by atoms with Gasteiger partial charge in [-0.25, -0.2) is 9.97 Å². The van der Waals surface area contributed by atoms with Gasteiger partial charge in [0.05, 0.1) is 4.92 Å². The normalized spacial score (nSPS) is 15.0. The van der Waals surface area contributed by atoms with Gasteiger partial charge >= 0.3 is 5.69 Å². The molecule has 0 radical (unpaired) electrons. The molecule has 1 saturated heterocycles. The highest BCUT2D eigenvalue weighted by Gasteiger charge is 2.23. The van der Waals surface area contributed by atoms with Crippen molar-refractivity contribution in [1.29, 1.82) is 0 Å². The second-order valence-corrected chi connectivity index (χ2v) is 6.94. The largest absolute Gasteiger partial charge is 0.363 e. The van der Waals surface area contributed by atoms with Crippen LogP contribution in [-0.4, -0.2) is 46.0 Å². The topological polar surface area (TPSA) is 84.2 Å². The van der Waals surface area contributed by atoms with Crippen LogP contribution in [0, 0.1) is 10.1 Å². The summed E-state index contributed by atoms with van der Waals surface area (Å²) >= 11 is 1.28. The highest BCUT2D eigenvalue weighted by atomic mass is 32.2. The summed E-state index contributed by atoms with van der Waals surface area (Å²) in [6.07, 6.45) is 5.12. The van der Waals surface area contributed by atoms with Gasteiger partial charge in [0.1, 0.15) is 6.33 Å². The number of hydrogen-bond donors (Lipinski definition) is 1. The van der Waals surface area contributed by atoms with Crippen molar-refractivity contribution in [3.8, 4) is 0 Å². The molecule has 7 nitrogen and oxygen atoms in total. The van der Waals surface area contributed by atoms with Crippen LogP contribution in [0.3, 0.4) is 0 Å². The van der Waals surface area contributed by atoms with Crippen LogP contribution in [0.1, 0.15) is 19.3 Å². The highest BCUT2D eigenvalue weighted by Crippen LogP contribution is 2.36. The highest BCUT2D eigenvalue weighted by molar-refractivity contribution is 7.99. The van der Waals surface area contributed by atoms with Crippen molar-refractivity contribution in [3.05, 3.63) is 46.8 Å². The maximum Gasteiger partial charge on any atom is 0.343 e. The monoisotopic (exact) mass is 359 g/mol. The molecule has 0 spiro atoms. The van der Waals surface area contributed by atoms with Crippen molar-refractivity contribution in [3.63, 3.8) is 0 Å². The van der Waals surface area contributed by atoms with Crippen LogP contribution in [0.2, 0.25) is 0 Å². The summed E-state index contributed by atoms with van der Waals surface area (Å²) < 4.78 is 0. The third kappa shape index (κ3) is 4.90. The Balaban J connectivity index is 1.70. The fraction of sp³-hybridized carbons (Fsp3) is 0.412. The zero-order valence-corrected chi connectivity index (χ0v) is 14.7. The molecule has 0 unspecified atom stereocenters. The van der Waals surface area contributed by atoms with Gasteiger partial charge in [-0.15, -0.1) is 0 Å². The van der Waals surface area contributed by atoms with Crippen molar-refractivity contribution in [2.24, 2.45) is 0 Å². The molecule has 0 atom stereocenters. The van der Waals surface area contributed by atoms with E-state index in [2.05, 4.69) is 20.2 Å². The van der Waals surface area contributed by atoms with Crippen LogP contribution >= 0.6 is 11.8 Å². The second-order valence-electron chi connectivity index (χ2n) is 5.88. The molecule has 0 aliphatic carbocycles. The first-order chi connectivity index (χ1) is 12.2. The van der Waals surface area contributed by atoms with E-state index >= 15 is 0 Å². The van der Waals surface area contributed by atoms with E-state index in [1.54, 1.807) is 0 Å². The Morgan fingerprint density at radius 1 is 1.16 bits per heavy atom. The summed E-state index contributed by atoms with van der Waals surface area (Å²) in [4.78, 5) is 22.6. The zero-order valence-electron chi connectivity index (χ0n) is 13.9. The number of nitrogens with zero attached hydrogens (tertiary/aromatic N) is 4. The van der Waals surface area contributed by atoms with E-state index in [1.165, 1.54) is 37.4 Å². The van der Waals surface area contributed by atoms with Crippen LogP contribution < -0.4 is 5.32 Å². The van der Waals surface area contributed by atoms with Gasteiger partial charge in [-0.3, -0.25) is 10.1 Å². The number of rotatable bonds is 7. The third-order valence-electron chi connectivity index (χ3n) is 4.10. The molecule has 3 rings (SSSR count). The molecular weight excluding hydrogens is 338 g/mol. The summed E-state index contributed by atoms with van der Waals surface area (Å²) in [7, 11) is 0. The zero-order chi connectivity index (χ0) is 17.5. The Bertz CT molecular complexity index is 707. The van der Waals surface area contributed by atoms with E-state index in [9.17, 15) is 10.1 Å². The lowest BCUT2D eigenvalue weighted by Gasteiger charge is -2.26. The number of aromatic nitrogens is 2. The first-order valence-corrected chi connectivity index (χ1v) is 9.24. The first-order valence-electron chi connectivity index (χ1n) is 8.42. The molecule has 132 valence electrons. The van der Waals surface area contributed by atoms with Crippen molar-refractivity contribution in [2.45, 2.75) is 29.2 Å². The molecular formula is C17H21N5O2S. The number of likely N-dealkylation sites (tertiary alicyclic amines) is 1. The number of piperidine rings is 1. The van der Waals surface area contributed by atoms with Gasteiger partial charge < -0.3 is 10.2 Å². The lowest BCUT2D eigenvalue weighted by atomic mass is 10.1. The average Bonchev–Trinajstić information content (AvgIpc) is 2.63. The average molecular weight is 359 g/mol. The van der Waals surface area contributed by atoms with E-state index < -0.39 is 4.92 Å². The van der Waals surface area contributed by atoms with Crippen LogP contribution in [0.25, 0.3) is 0 Å². The summed E-state index contributed by atoms with van der Waals surface area (Å²) in [5.74, 6) is 0.287. The Labute approximate surface area is 151 Å². The summed E-state index contributed by atoms with van der Waals surface area (Å²) in [6, 6.07) is 9.51. The Hall–Kier alpha value is -2.19. The number of anilines is 1. The van der Waals surface area contributed by atoms with Crippen LogP contribution in [0.15, 0.2) is 46.6 Å². The maximum atomic E-state index is 11.6. The Morgan fingerprint density at radius 3 is 2.64 bits per heavy atom. The lowest BCUT2D eigenvalue weighted by Crippen LogP contribution is -2.33. The third-order valence-corrected chi connectivity index (χ3v) is 5.10. The summed E-state index contributed by atoms with van der Waals surface area (Å²) in [5.41, 5.74) is -0.0602. The molecule has 0 amide bonds. The smallest absolute Gasteiger partial charge is 0.343 e. The molecule has 2 aromatic rings. The Kier molecular flexibility index (Phi) is 6.19. The fourth-order valence-corrected chi connectivity index (χ4v) is 3.73. The van der Waals surface area contributed by atoms with Crippen molar-refractivity contribution < 1.29 is 4.92 Å². The maximum absolute atomic E-state index is 11.6. The van der Waals surface area contributed by atoms with E-state index in [1.807, 2.05) is 30.3 Å². The SMILES string of the molecule is O=[N+]([O-])c1c(NCCN2CCCCC2)ncnc1Sc1ccccc1. The van der Waals surface area contributed by atoms with Gasteiger partial charge in [-0.05, 0) is 38.1 Å². The van der Waals surface area contributed by atoms with Crippen LogP contribution in [0.4, 0.5) is 11.5 Å². The molecule has 1 aliphatic heterocycles. The van der Waals surface area contributed by atoms with E-state index in [0.29, 0.717) is 11.6 Å². The predicted molar refractivity (Wildman–Crippen MR) is 98.0 cm³/mol. The molecule has 1 aromatic carbocycles. The minimum Gasteiger partial charge on any atom is -0.363 e. The quantitative estimate of drug-likeness (QED) is 0.460. The predicted octanol–water partition coefficient (Wildman–Crippen LogP) is 3.43. The van der Waals surface area contributed by atoms with E-state index in [4.69, 9.17) is 0 Å². The molecule has 8 heteroatoms. The molecule has 0 saturated carbocycles. The lowest BCUT2D eigenvalue weighted by molar-refractivity contribution is -0.387. The number of hydrogen-bond acceptors (Lipinski definition) is 7. The van der Waals surface area contributed by atoms with Gasteiger partial charge in [-0.2, -0.15) is 0 Å². The van der Waals surface area contributed by atoms with Crippen LogP contribution in [-0.2, 0) is 0 Å². The first kappa shape index (κ1) is 17.6. The van der Waals surface area contributed by atoms with Gasteiger partial charge in [0.25, 0.3) is 0 Å². The number of nitrogens with one attached hydrogen (secondary N) is 1. The standard InChI is InChI=1S/C17H21N5O2S/c23-22(24)15-16(18-9-12-21-10-5-2-6-11-21)19-13-20-17(15)25-14-7-3-1-4-8-14/h1,3-4,7-8,13H,2,5-6,9-12H2,(H,18,19,20). The molecule has 1 aromatic heterocycles.